The van der Waals surface area contributed by atoms with Crippen LogP contribution in [0.25, 0.3) is 0 Å². The molecule has 0 fully saturated rings. The van der Waals surface area contributed by atoms with Crippen LogP contribution < -0.4 is 0 Å². The molecule has 0 aromatic rings. The van der Waals surface area contributed by atoms with Gasteiger partial charge in [-0.05, 0) is 6.42 Å². The van der Waals surface area contributed by atoms with Gasteiger partial charge in [0.15, 0.2) is 0 Å². The Balaban J connectivity index is -0.000000105. The average Bonchev–Trinajstić information content (AvgIpc) is 1.95. The van der Waals surface area contributed by atoms with E-state index in [1.165, 1.54) is 0 Å². The number of rotatable bonds is 3. The van der Waals surface area contributed by atoms with Crippen molar-refractivity contribution in [1.29, 1.82) is 0 Å². The van der Waals surface area contributed by atoms with E-state index in [1.54, 1.807) is 6.92 Å². The third kappa shape index (κ3) is 31.7. The molecule has 0 bridgehead atoms. The molecule has 0 aliphatic rings. The van der Waals surface area contributed by atoms with Gasteiger partial charge in [0.2, 0.25) is 0 Å². The third-order valence-electron chi connectivity index (χ3n) is 0.953. The maximum absolute atomic E-state index is 10.1. The summed E-state index contributed by atoms with van der Waals surface area (Å²) in [5, 5.41) is 16.4. The van der Waals surface area contributed by atoms with Crippen LogP contribution in [-0.2, 0) is 14.2 Å². The summed E-state index contributed by atoms with van der Waals surface area (Å²) in [7, 11) is -4.64. The van der Waals surface area contributed by atoms with Crippen molar-refractivity contribution in [3.8, 4) is 0 Å². The van der Waals surface area contributed by atoms with Crippen molar-refractivity contribution in [3.05, 3.63) is 11.6 Å². The second-order valence-electron chi connectivity index (χ2n) is 2.18. The molecule has 11 heteroatoms. The van der Waals surface area contributed by atoms with Crippen molar-refractivity contribution >= 4 is 95.2 Å². The van der Waals surface area contributed by atoms with Crippen LogP contribution in [0.4, 0.5) is 0 Å². The van der Waals surface area contributed by atoms with E-state index in [1.807, 2.05) is 0 Å². The summed E-state index contributed by atoms with van der Waals surface area (Å²) >= 11 is 0. The minimum absolute atomic E-state index is 0. The van der Waals surface area contributed by atoms with Crippen LogP contribution in [0.15, 0.2) is 11.6 Å². The third-order valence-corrected chi connectivity index (χ3v) is 0.953. The summed E-state index contributed by atoms with van der Waals surface area (Å²) in [6.45, 7) is 1.59. The maximum atomic E-state index is 10.1. The molecule has 0 aliphatic heterocycles. The fourth-order valence-corrected chi connectivity index (χ4v) is 0.464. The zero-order valence-electron chi connectivity index (χ0n) is 7.69. The first kappa shape index (κ1) is 26.8. The fraction of sp³-hybridized carbons (Fsp3) is 0.333. The van der Waals surface area contributed by atoms with Crippen molar-refractivity contribution in [2.24, 2.45) is 0 Å². The van der Waals surface area contributed by atoms with Crippen molar-refractivity contribution in [1.82, 2.24) is 0 Å². The second kappa shape index (κ2) is 13.7. The topological polar surface area (TPSA) is 152 Å². The molecule has 0 saturated heterocycles. The first-order valence-electron chi connectivity index (χ1n) is 3.53. The number of hydrogen-bond donors (Lipinski definition) is 5. The average molecular weight is 326 g/mol. The zero-order valence-corrected chi connectivity index (χ0v) is 8.59. The Kier molecular flexibility index (Phi) is 21.6. The van der Waals surface area contributed by atoms with Gasteiger partial charge in [-0.3, -0.25) is 0 Å². The molecular weight excluding hydrogens is 311 g/mol. The van der Waals surface area contributed by atoms with Crippen LogP contribution in [0.5, 0.6) is 0 Å². The van der Waals surface area contributed by atoms with Gasteiger partial charge in [0.05, 0.1) is 0 Å². The summed E-state index contributed by atoms with van der Waals surface area (Å²) in [4.78, 5) is 41.6. The molecule has 17 heavy (non-hydrogen) atoms. The van der Waals surface area contributed by atoms with Gasteiger partial charge in [0.1, 0.15) is 0 Å². The van der Waals surface area contributed by atoms with Gasteiger partial charge in [-0.2, -0.15) is 0 Å². The van der Waals surface area contributed by atoms with E-state index in [9.17, 15) is 9.59 Å². The number of carbonyl (C=O) groups is 2. The Morgan fingerprint density at radius 1 is 1.12 bits per heavy atom. The normalized spacial score (nSPS) is 10.0. The van der Waals surface area contributed by atoms with E-state index in [0.717, 1.165) is 0 Å². The predicted octanol–water partition coefficient (Wildman–Crippen LogP) is -2.27. The Bertz CT molecular complexity index is 301. The molecule has 0 atom stereocenters. The summed E-state index contributed by atoms with van der Waals surface area (Å²) in [5.41, 5.74) is -0.0903. The van der Waals surface area contributed by atoms with Gasteiger partial charge in [-0.15, -0.1) is 0 Å². The van der Waals surface area contributed by atoms with E-state index >= 15 is 0 Å². The molecule has 96 valence electrons. The minimum atomic E-state index is -4.64. The SMILES string of the molecule is CC/C(=C\C(=O)O)C(=O)O.O=P(O)(O)O.[CaH2].[CaH2]. The van der Waals surface area contributed by atoms with Gasteiger partial charge >= 0.3 is 95.2 Å². The summed E-state index contributed by atoms with van der Waals surface area (Å²) in [5.74, 6) is -2.40. The van der Waals surface area contributed by atoms with Crippen LogP contribution in [0.3, 0.4) is 0 Å². The van der Waals surface area contributed by atoms with Crippen LogP contribution >= 0.6 is 7.82 Å². The molecule has 0 heterocycles. The van der Waals surface area contributed by atoms with Gasteiger partial charge < -0.3 is 24.9 Å². The quantitative estimate of drug-likeness (QED) is 0.221. The molecule has 0 amide bonds. The monoisotopic (exact) mass is 326 g/mol. The molecular formula is C6H15Ca2O8P. The van der Waals surface area contributed by atoms with Crippen molar-refractivity contribution in [3.63, 3.8) is 0 Å². The molecule has 0 aromatic carbocycles. The van der Waals surface area contributed by atoms with E-state index in [2.05, 4.69) is 0 Å². The molecule has 0 spiro atoms. The molecule has 0 unspecified atom stereocenters. The van der Waals surface area contributed by atoms with Crippen LogP contribution in [-0.4, -0.2) is 112 Å². The second-order valence-corrected chi connectivity index (χ2v) is 3.21. The van der Waals surface area contributed by atoms with Gasteiger partial charge in [0, 0.05) is 11.6 Å². The number of hydrogen-bond acceptors (Lipinski definition) is 3. The molecule has 0 aliphatic carbocycles. The molecule has 0 radical (unpaired) electrons. The van der Waals surface area contributed by atoms with Crippen molar-refractivity contribution < 1.29 is 39.0 Å². The van der Waals surface area contributed by atoms with Gasteiger partial charge in [0.25, 0.3) is 0 Å². The number of carboxylic acid groups (broad SMARTS) is 2. The molecule has 8 nitrogen and oxygen atoms in total. The zero-order chi connectivity index (χ0) is 12.6. The van der Waals surface area contributed by atoms with Gasteiger partial charge in [-0.1, -0.05) is 6.92 Å². The first-order valence-corrected chi connectivity index (χ1v) is 5.09. The Labute approximate surface area is 157 Å². The summed E-state index contributed by atoms with van der Waals surface area (Å²) in [6, 6.07) is 0. The van der Waals surface area contributed by atoms with Crippen LogP contribution in [0.2, 0.25) is 0 Å². The molecule has 0 aromatic heterocycles. The van der Waals surface area contributed by atoms with E-state index < -0.39 is 19.8 Å². The number of aliphatic carboxylic acids is 2. The molecule has 0 rings (SSSR count). The van der Waals surface area contributed by atoms with Crippen LogP contribution in [0, 0.1) is 0 Å². The van der Waals surface area contributed by atoms with Crippen molar-refractivity contribution in [2.75, 3.05) is 0 Å². The Morgan fingerprint density at radius 3 is 1.47 bits per heavy atom. The fourth-order valence-electron chi connectivity index (χ4n) is 0.464. The van der Waals surface area contributed by atoms with E-state index in [0.29, 0.717) is 6.08 Å². The first-order chi connectivity index (χ1) is 6.57. The predicted molar refractivity (Wildman–Crippen MR) is 65.0 cm³/mol. The Morgan fingerprint density at radius 2 is 1.41 bits per heavy atom. The van der Waals surface area contributed by atoms with Crippen LogP contribution in [0.1, 0.15) is 13.3 Å². The number of phosphoric acid groups is 1. The Hall–Kier alpha value is 1.31. The number of carboxylic acids is 2. The van der Waals surface area contributed by atoms with Gasteiger partial charge in [-0.25, -0.2) is 14.2 Å². The molecule has 0 saturated carbocycles. The molecule has 5 N–H and O–H groups in total. The summed E-state index contributed by atoms with van der Waals surface area (Å²) in [6.07, 6.45) is 0.921. The van der Waals surface area contributed by atoms with E-state index in [4.69, 9.17) is 29.5 Å². The van der Waals surface area contributed by atoms with E-state index in [-0.39, 0.29) is 87.5 Å². The van der Waals surface area contributed by atoms with Crippen molar-refractivity contribution in [2.45, 2.75) is 13.3 Å². The summed E-state index contributed by atoms with van der Waals surface area (Å²) < 4.78 is 8.88. The standard InChI is InChI=1S/C6H8O4.2Ca.H3O4P.4H/c1-2-4(6(9)10)3-5(7)8;;;1-5(2,3)4;;;;/h3H,2H2,1H3,(H,7,8)(H,9,10);;;(H3,1,2,3,4);;;;/b4-3+;;;;;;;.